The molecule has 1 aliphatic rings. The number of hydrogen-bond donors (Lipinski definition) is 1. The first-order valence-electron chi connectivity index (χ1n) is 6.68. The molecular weight excluding hydrogens is 320 g/mol. The van der Waals surface area contributed by atoms with Gasteiger partial charge < -0.3 is 5.11 Å². The Hall–Kier alpha value is -2.68. The molecule has 1 aromatic heterocycles. The van der Waals surface area contributed by atoms with Crippen LogP contribution < -0.4 is 0 Å². The van der Waals surface area contributed by atoms with E-state index in [-0.39, 0.29) is 11.4 Å². The summed E-state index contributed by atoms with van der Waals surface area (Å²) in [5, 5.41) is 14.3. The van der Waals surface area contributed by atoms with E-state index in [4.69, 9.17) is 0 Å². The van der Waals surface area contributed by atoms with Gasteiger partial charge in [-0.2, -0.15) is 13.5 Å². The number of nitrogens with zero attached hydrogens (tertiary/aromatic N) is 4. The van der Waals surface area contributed by atoms with Gasteiger partial charge in [-0.1, -0.05) is 6.07 Å². The number of aromatic nitrogens is 2. The van der Waals surface area contributed by atoms with E-state index in [1.165, 1.54) is 6.08 Å². The lowest BCUT2D eigenvalue weighted by atomic mass is 10.1. The number of aryl methyl sites for hydroxylation is 2. The third kappa shape index (κ3) is 2.38. The summed E-state index contributed by atoms with van der Waals surface area (Å²) in [6, 6.07) is 5.25. The highest BCUT2D eigenvalue weighted by molar-refractivity contribution is 7.88. The number of aliphatic carboxylic acids is 1. The summed E-state index contributed by atoms with van der Waals surface area (Å²) >= 11 is 0. The number of fused-ring (bicyclic) bond motifs is 1. The molecule has 0 saturated heterocycles. The fourth-order valence-electron chi connectivity index (χ4n) is 2.49. The number of hydrogen-bond acceptors (Lipinski definition) is 4. The largest absolute Gasteiger partial charge is 0.477 e. The molecule has 1 aliphatic heterocycles. The number of allylic oxidation sites excluding steroid dienone is 1. The summed E-state index contributed by atoms with van der Waals surface area (Å²) in [7, 11) is -1.09. The minimum absolute atomic E-state index is 0.0886. The summed E-state index contributed by atoms with van der Waals surface area (Å²) in [6.07, 6.45) is 1.25. The molecule has 8 nitrogen and oxygen atoms in total. The minimum Gasteiger partial charge on any atom is -0.477 e. The Kier molecular flexibility index (Phi) is 3.25. The first-order chi connectivity index (χ1) is 10.7. The molecule has 2 heterocycles. The van der Waals surface area contributed by atoms with Gasteiger partial charge in [0.25, 0.3) is 0 Å². The molecule has 120 valence electrons. The number of carbonyl (C=O) groups is 1. The fraction of sp³-hybridized carbons (Fsp3) is 0.214. The zero-order valence-corrected chi connectivity index (χ0v) is 13.5. The summed E-state index contributed by atoms with van der Waals surface area (Å²) in [5.41, 5.74) is 1.95. The number of rotatable bonds is 2. The van der Waals surface area contributed by atoms with Crippen LogP contribution in [-0.2, 0) is 22.1 Å². The van der Waals surface area contributed by atoms with E-state index in [1.54, 1.807) is 22.9 Å². The van der Waals surface area contributed by atoms with Gasteiger partial charge in [0.1, 0.15) is 5.70 Å². The lowest BCUT2D eigenvalue weighted by Crippen LogP contribution is -2.33. The van der Waals surface area contributed by atoms with Crippen LogP contribution in [0.4, 0.5) is 0 Å². The Labute approximate surface area is 132 Å². The molecule has 3 rings (SSSR count). The lowest BCUT2D eigenvalue weighted by molar-refractivity contribution is -0.133. The zero-order chi connectivity index (χ0) is 16.9. The molecule has 0 saturated carbocycles. The number of carboxylic acids is 1. The van der Waals surface area contributed by atoms with Gasteiger partial charge >= 0.3 is 16.2 Å². The van der Waals surface area contributed by atoms with Crippen LogP contribution in [0.2, 0.25) is 0 Å². The lowest BCUT2D eigenvalue weighted by Gasteiger charge is -2.21. The number of carboxylic acid groups (broad SMARTS) is 1. The van der Waals surface area contributed by atoms with Gasteiger partial charge in [-0.15, -0.1) is 4.40 Å². The second-order valence-corrected chi connectivity index (χ2v) is 6.82. The van der Waals surface area contributed by atoms with Crippen LogP contribution in [0.5, 0.6) is 0 Å². The van der Waals surface area contributed by atoms with Crippen LogP contribution in [0.1, 0.15) is 11.3 Å². The highest BCUT2D eigenvalue weighted by Crippen LogP contribution is 2.23. The third-order valence-corrected chi connectivity index (χ3v) is 5.04. The smallest absolute Gasteiger partial charge is 0.353 e. The van der Waals surface area contributed by atoms with Crippen molar-refractivity contribution in [2.24, 2.45) is 11.4 Å². The molecule has 2 aromatic rings. The normalized spacial score (nSPS) is 17.1. The minimum atomic E-state index is -4.06. The molecule has 0 fully saturated rings. The SMILES string of the molecule is Cc1nn(C)c2ccc(C3=NS(=O)(=O)N(C)C(C(=O)O)=C3)cc12. The van der Waals surface area contributed by atoms with Crippen LogP contribution in [0.15, 0.2) is 34.4 Å². The standard InChI is InChI=1S/C14H14N4O4S/c1-8-10-6-9(4-5-12(10)17(2)15-8)11-7-13(14(19)20)18(3)23(21,22)16-11/h4-7H,1-3H3,(H,19,20). The average Bonchev–Trinajstić information content (AvgIpc) is 2.76. The van der Waals surface area contributed by atoms with Crippen molar-refractivity contribution >= 4 is 32.8 Å². The van der Waals surface area contributed by atoms with Crippen molar-refractivity contribution in [1.29, 1.82) is 0 Å². The van der Waals surface area contributed by atoms with Crippen molar-refractivity contribution in [1.82, 2.24) is 14.1 Å². The molecule has 1 N–H and O–H groups in total. The van der Waals surface area contributed by atoms with Gasteiger partial charge in [0, 0.05) is 25.0 Å². The van der Waals surface area contributed by atoms with Crippen molar-refractivity contribution in [3.8, 4) is 0 Å². The van der Waals surface area contributed by atoms with E-state index in [0.29, 0.717) is 9.87 Å². The van der Waals surface area contributed by atoms with E-state index in [0.717, 1.165) is 23.6 Å². The van der Waals surface area contributed by atoms with Crippen molar-refractivity contribution in [3.05, 3.63) is 41.2 Å². The highest BCUT2D eigenvalue weighted by Gasteiger charge is 2.29. The van der Waals surface area contributed by atoms with Crippen LogP contribution in [0, 0.1) is 6.92 Å². The summed E-state index contributed by atoms with van der Waals surface area (Å²) < 4.78 is 30.1. The molecule has 1 aromatic carbocycles. The molecule has 0 amide bonds. The molecule has 0 spiro atoms. The van der Waals surface area contributed by atoms with E-state index >= 15 is 0 Å². The predicted molar refractivity (Wildman–Crippen MR) is 84.4 cm³/mol. The summed E-state index contributed by atoms with van der Waals surface area (Å²) in [6.45, 7) is 1.85. The van der Waals surface area contributed by atoms with Crippen LogP contribution >= 0.6 is 0 Å². The van der Waals surface area contributed by atoms with Crippen LogP contribution in [-0.4, -0.2) is 46.3 Å². The maximum Gasteiger partial charge on any atom is 0.353 e. The second kappa shape index (κ2) is 4.92. The van der Waals surface area contributed by atoms with E-state index in [9.17, 15) is 18.3 Å². The number of likely N-dealkylation sites (N-methyl/N-ethyl adjacent to an activating group) is 1. The monoisotopic (exact) mass is 334 g/mol. The Morgan fingerprint density at radius 2 is 1.96 bits per heavy atom. The van der Waals surface area contributed by atoms with Crippen molar-refractivity contribution in [2.75, 3.05) is 7.05 Å². The van der Waals surface area contributed by atoms with Gasteiger partial charge in [-0.05, 0) is 25.1 Å². The first kappa shape index (κ1) is 15.2. The Balaban J connectivity index is 2.21. The molecule has 0 radical (unpaired) electrons. The van der Waals surface area contributed by atoms with Crippen LogP contribution in [0.25, 0.3) is 10.9 Å². The maximum atomic E-state index is 12.0. The quantitative estimate of drug-likeness (QED) is 0.876. The van der Waals surface area contributed by atoms with Crippen LogP contribution in [0.3, 0.4) is 0 Å². The van der Waals surface area contributed by atoms with E-state index < -0.39 is 16.2 Å². The Bertz CT molecular complexity index is 1000. The molecule has 9 heteroatoms. The molecule has 0 aliphatic carbocycles. The van der Waals surface area contributed by atoms with Gasteiger partial charge in [-0.3, -0.25) is 4.68 Å². The van der Waals surface area contributed by atoms with Gasteiger partial charge in [0.2, 0.25) is 0 Å². The van der Waals surface area contributed by atoms with Gasteiger partial charge in [0.15, 0.2) is 0 Å². The highest BCUT2D eigenvalue weighted by atomic mass is 32.2. The van der Waals surface area contributed by atoms with Crippen molar-refractivity contribution in [3.63, 3.8) is 0 Å². The molecule has 0 atom stereocenters. The maximum absolute atomic E-state index is 12.0. The van der Waals surface area contributed by atoms with Gasteiger partial charge in [-0.25, -0.2) is 9.10 Å². The van der Waals surface area contributed by atoms with E-state index in [2.05, 4.69) is 9.50 Å². The molecular formula is C14H14N4O4S. The predicted octanol–water partition coefficient (Wildman–Crippen LogP) is 0.830. The second-order valence-electron chi connectivity index (χ2n) is 5.20. The summed E-state index contributed by atoms with van der Waals surface area (Å²) in [5.74, 6) is -1.33. The molecule has 0 bridgehead atoms. The Morgan fingerprint density at radius 1 is 1.26 bits per heavy atom. The topological polar surface area (TPSA) is 105 Å². The summed E-state index contributed by atoms with van der Waals surface area (Å²) in [4.78, 5) is 11.3. The van der Waals surface area contributed by atoms with Crippen molar-refractivity contribution in [2.45, 2.75) is 6.92 Å². The average molecular weight is 334 g/mol. The molecule has 0 unspecified atom stereocenters. The molecule has 23 heavy (non-hydrogen) atoms. The van der Waals surface area contributed by atoms with Crippen molar-refractivity contribution < 1.29 is 18.3 Å². The number of benzene rings is 1. The van der Waals surface area contributed by atoms with Gasteiger partial charge in [0.05, 0.1) is 16.9 Å². The first-order valence-corrected chi connectivity index (χ1v) is 8.08. The Morgan fingerprint density at radius 3 is 2.61 bits per heavy atom. The fourth-order valence-corrected chi connectivity index (χ4v) is 3.40. The van der Waals surface area contributed by atoms with E-state index in [1.807, 2.05) is 14.0 Å². The third-order valence-electron chi connectivity index (χ3n) is 3.72. The zero-order valence-electron chi connectivity index (χ0n) is 12.7.